The van der Waals surface area contributed by atoms with Crippen LogP contribution < -0.4 is 14.8 Å². The van der Waals surface area contributed by atoms with Gasteiger partial charge in [-0.15, -0.1) is 0 Å². The minimum absolute atomic E-state index is 0.232. The fourth-order valence-electron chi connectivity index (χ4n) is 3.18. The van der Waals surface area contributed by atoms with Crippen LogP contribution in [0.4, 0.5) is 5.95 Å². The van der Waals surface area contributed by atoms with Crippen molar-refractivity contribution in [3.8, 4) is 11.5 Å². The van der Waals surface area contributed by atoms with Crippen LogP contribution in [0.5, 0.6) is 11.5 Å². The normalized spacial score (nSPS) is 15.9. The maximum atomic E-state index is 12.9. The number of fused-ring (bicyclic) bond motifs is 1. The molecule has 3 rings (SSSR count). The number of nitrogens with zero attached hydrogens (tertiary/aromatic N) is 3. The van der Waals surface area contributed by atoms with Crippen LogP contribution in [0.3, 0.4) is 0 Å². The van der Waals surface area contributed by atoms with Gasteiger partial charge in [-0.25, -0.2) is 9.48 Å². The van der Waals surface area contributed by atoms with E-state index in [0.29, 0.717) is 41.9 Å². The zero-order valence-electron chi connectivity index (χ0n) is 16.9. The second kappa shape index (κ2) is 8.33. The van der Waals surface area contributed by atoms with Crippen LogP contribution in [0.2, 0.25) is 0 Å². The van der Waals surface area contributed by atoms with E-state index in [2.05, 4.69) is 15.4 Å². The molecule has 28 heavy (non-hydrogen) atoms. The van der Waals surface area contributed by atoms with Crippen LogP contribution in [0, 0.1) is 0 Å². The summed E-state index contributed by atoms with van der Waals surface area (Å²) in [5.74, 6) is 1.46. The van der Waals surface area contributed by atoms with Gasteiger partial charge in [0.25, 0.3) is 0 Å². The molecule has 1 atom stereocenters. The lowest BCUT2D eigenvalue weighted by Gasteiger charge is -2.29. The Labute approximate surface area is 164 Å². The molecule has 1 N–H and O–H groups in total. The van der Waals surface area contributed by atoms with Gasteiger partial charge < -0.3 is 19.5 Å². The molecular weight excluding hydrogens is 360 g/mol. The van der Waals surface area contributed by atoms with E-state index in [4.69, 9.17) is 14.2 Å². The highest BCUT2D eigenvalue weighted by Gasteiger charge is 2.35. The first-order valence-electron chi connectivity index (χ1n) is 9.44. The zero-order chi connectivity index (χ0) is 20.3. The summed E-state index contributed by atoms with van der Waals surface area (Å²) in [5, 5.41) is 7.45. The molecular formula is C20H26N4O4. The number of hydrogen-bond acceptors (Lipinski definition) is 7. The van der Waals surface area contributed by atoms with Crippen LogP contribution in [0.25, 0.3) is 0 Å². The minimum Gasteiger partial charge on any atom is -0.490 e. The highest BCUT2D eigenvalue weighted by molar-refractivity contribution is 5.92. The molecule has 0 unspecified atom stereocenters. The van der Waals surface area contributed by atoms with Crippen molar-refractivity contribution in [2.45, 2.75) is 46.8 Å². The number of nitrogens with one attached hydrogen (secondary N) is 1. The third-order valence-corrected chi connectivity index (χ3v) is 4.24. The van der Waals surface area contributed by atoms with Gasteiger partial charge in [-0.1, -0.05) is 6.07 Å². The number of esters is 1. The highest BCUT2D eigenvalue weighted by atomic mass is 16.5. The molecule has 8 nitrogen and oxygen atoms in total. The lowest BCUT2D eigenvalue weighted by atomic mass is 9.95. The lowest BCUT2D eigenvalue weighted by Crippen LogP contribution is -2.30. The van der Waals surface area contributed by atoms with Crippen LogP contribution in [0.15, 0.2) is 35.8 Å². The van der Waals surface area contributed by atoms with E-state index in [1.807, 2.05) is 52.8 Å². The molecule has 2 heterocycles. The molecule has 1 aromatic heterocycles. The molecule has 2 aromatic rings. The third-order valence-electron chi connectivity index (χ3n) is 4.24. The SMILES string of the molecule is CCOc1ccc([C@H]2C(C(=O)OC(C)C)=C(C)Nc3ncnn32)cc1OCC. The van der Waals surface area contributed by atoms with Crippen LogP contribution in [0.1, 0.15) is 46.2 Å². The van der Waals surface area contributed by atoms with E-state index >= 15 is 0 Å². The van der Waals surface area contributed by atoms with E-state index in [0.717, 1.165) is 5.56 Å². The van der Waals surface area contributed by atoms with Crippen molar-refractivity contribution < 1.29 is 19.0 Å². The van der Waals surface area contributed by atoms with Crippen LogP contribution in [-0.4, -0.2) is 40.1 Å². The number of hydrogen-bond donors (Lipinski definition) is 1. The van der Waals surface area contributed by atoms with Crippen molar-refractivity contribution in [3.63, 3.8) is 0 Å². The van der Waals surface area contributed by atoms with E-state index in [1.165, 1.54) is 6.33 Å². The molecule has 0 aliphatic carbocycles. The van der Waals surface area contributed by atoms with Crippen molar-refractivity contribution in [1.82, 2.24) is 14.8 Å². The average molecular weight is 386 g/mol. The Balaban J connectivity index is 2.11. The van der Waals surface area contributed by atoms with Gasteiger partial charge >= 0.3 is 5.97 Å². The van der Waals surface area contributed by atoms with Crippen LogP contribution in [-0.2, 0) is 9.53 Å². The number of carbonyl (C=O) groups excluding carboxylic acids is 1. The number of benzene rings is 1. The Hall–Kier alpha value is -3.03. The molecule has 1 aliphatic rings. The Kier molecular flexibility index (Phi) is 5.87. The van der Waals surface area contributed by atoms with Gasteiger partial charge in [0.2, 0.25) is 5.95 Å². The van der Waals surface area contributed by atoms with Crippen LogP contribution >= 0.6 is 0 Å². The summed E-state index contributed by atoms with van der Waals surface area (Å²) in [5.41, 5.74) is 2.00. The molecule has 0 saturated heterocycles. The number of rotatable bonds is 7. The standard InChI is InChI=1S/C20H26N4O4/c1-6-26-15-9-8-14(10-16(15)27-7-2)18-17(19(25)28-12(3)4)13(5)23-20-21-11-22-24(18)20/h8-12,18H,6-7H2,1-5H3,(H,21,22,23)/t18-/m0/s1. The second-order valence-electron chi connectivity index (χ2n) is 6.62. The number of anilines is 1. The number of carbonyl (C=O) groups is 1. The van der Waals surface area contributed by atoms with Crippen molar-refractivity contribution in [1.29, 1.82) is 0 Å². The molecule has 8 heteroatoms. The van der Waals surface area contributed by atoms with Gasteiger partial charge in [-0.3, -0.25) is 0 Å². The summed E-state index contributed by atoms with van der Waals surface area (Å²) in [6.45, 7) is 10.3. The lowest BCUT2D eigenvalue weighted by molar-refractivity contribution is -0.143. The molecule has 0 radical (unpaired) electrons. The Morgan fingerprint density at radius 3 is 2.61 bits per heavy atom. The summed E-state index contributed by atoms with van der Waals surface area (Å²) in [6, 6.07) is 5.15. The fraction of sp³-hybridized carbons (Fsp3) is 0.450. The van der Waals surface area contributed by atoms with Gasteiger partial charge in [-0.05, 0) is 52.3 Å². The topological polar surface area (TPSA) is 87.5 Å². The maximum Gasteiger partial charge on any atom is 0.338 e. The predicted octanol–water partition coefficient (Wildman–Crippen LogP) is 3.32. The van der Waals surface area contributed by atoms with Gasteiger partial charge in [0, 0.05) is 5.70 Å². The summed E-state index contributed by atoms with van der Waals surface area (Å²) in [7, 11) is 0. The summed E-state index contributed by atoms with van der Waals surface area (Å²) >= 11 is 0. The predicted molar refractivity (Wildman–Crippen MR) is 104 cm³/mol. The van der Waals surface area contributed by atoms with E-state index in [9.17, 15) is 4.79 Å². The first-order chi connectivity index (χ1) is 13.5. The smallest absolute Gasteiger partial charge is 0.338 e. The van der Waals surface area contributed by atoms with Gasteiger partial charge in [-0.2, -0.15) is 10.1 Å². The van der Waals surface area contributed by atoms with Crippen molar-refractivity contribution in [3.05, 3.63) is 41.4 Å². The largest absolute Gasteiger partial charge is 0.490 e. The molecule has 0 saturated carbocycles. The molecule has 0 spiro atoms. The Bertz CT molecular complexity index is 888. The minimum atomic E-state index is -0.486. The Morgan fingerprint density at radius 2 is 1.93 bits per heavy atom. The van der Waals surface area contributed by atoms with E-state index in [-0.39, 0.29) is 6.10 Å². The number of allylic oxidation sites excluding steroid dienone is 1. The number of ether oxygens (including phenoxy) is 3. The molecule has 0 bridgehead atoms. The maximum absolute atomic E-state index is 12.9. The monoisotopic (exact) mass is 386 g/mol. The van der Waals surface area contributed by atoms with Gasteiger partial charge in [0.05, 0.1) is 24.9 Å². The number of aromatic nitrogens is 3. The first kappa shape index (κ1) is 19.7. The highest BCUT2D eigenvalue weighted by Crippen LogP contribution is 2.39. The van der Waals surface area contributed by atoms with Crippen molar-refractivity contribution in [2.75, 3.05) is 18.5 Å². The Morgan fingerprint density at radius 1 is 1.21 bits per heavy atom. The fourth-order valence-corrected chi connectivity index (χ4v) is 3.18. The van der Waals surface area contributed by atoms with Gasteiger partial charge in [0.15, 0.2) is 11.5 Å². The average Bonchev–Trinajstić information content (AvgIpc) is 3.09. The summed E-state index contributed by atoms with van der Waals surface area (Å²) < 4.78 is 18.6. The van der Waals surface area contributed by atoms with Crippen molar-refractivity contribution in [2.24, 2.45) is 0 Å². The zero-order valence-corrected chi connectivity index (χ0v) is 16.9. The first-order valence-corrected chi connectivity index (χ1v) is 9.44. The molecule has 0 amide bonds. The van der Waals surface area contributed by atoms with E-state index < -0.39 is 12.0 Å². The second-order valence-corrected chi connectivity index (χ2v) is 6.62. The summed E-state index contributed by atoms with van der Waals surface area (Å²) in [4.78, 5) is 17.1. The molecule has 1 aromatic carbocycles. The quantitative estimate of drug-likeness (QED) is 0.730. The molecule has 1 aliphatic heterocycles. The van der Waals surface area contributed by atoms with Gasteiger partial charge in [0.1, 0.15) is 12.4 Å². The third kappa shape index (κ3) is 3.81. The molecule has 0 fully saturated rings. The van der Waals surface area contributed by atoms with E-state index in [1.54, 1.807) is 4.68 Å². The summed E-state index contributed by atoms with van der Waals surface area (Å²) in [6.07, 6.45) is 1.22. The molecule has 150 valence electrons. The van der Waals surface area contributed by atoms with Crippen molar-refractivity contribution >= 4 is 11.9 Å².